The highest BCUT2D eigenvalue weighted by atomic mass is 16.5. The Kier molecular flexibility index (Phi) is 3.15. The first-order valence-electron chi connectivity index (χ1n) is 7.50. The molecule has 1 aliphatic rings. The van der Waals surface area contributed by atoms with Crippen LogP contribution in [0.4, 0.5) is 0 Å². The molecule has 0 aliphatic carbocycles. The molecule has 1 aromatic carbocycles. The van der Waals surface area contributed by atoms with Crippen LogP contribution in [-0.2, 0) is 4.74 Å². The Labute approximate surface area is 128 Å². The molecule has 0 radical (unpaired) electrons. The molecule has 0 bridgehead atoms. The minimum atomic E-state index is 0.244. The van der Waals surface area contributed by atoms with Gasteiger partial charge in [-0.05, 0) is 38.5 Å². The summed E-state index contributed by atoms with van der Waals surface area (Å²) in [7, 11) is 0. The molecule has 112 valence electrons. The van der Waals surface area contributed by atoms with Crippen LogP contribution in [0.3, 0.4) is 0 Å². The van der Waals surface area contributed by atoms with Crippen molar-refractivity contribution in [1.29, 1.82) is 0 Å². The van der Waals surface area contributed by atoms with Crippen LogP contribution >= 0.6 is 0 Å². The molecule has 0 saturated carbocycles. The zero-order chi connectivity index (χ0) is 15.1. The van der Waals surface area contributed by atoms with E-state index >= 15 is 0 Å². The Morgan fingerprint density at radius 1 is 1.14 bits per heavy atom. The van der Waals surface area contributed by atoms with E-state index in [4.69, 9.17) is 9.26 Å². The first kappa shape index (κ1) is 13.4. The Bertz CT molecular complexity index is 835. The van der Waals surface area contributed by atoms with Crippen LogP contribution in [0, 0.1) is 13.8 Å². The van der Waals surface area contributed by atoms with Crippen molar-refractivity contribution in [2.75, 3.05) is 13.2 Å². The summed E-state index contributed by atoms with van der Waals surface area (Å²) >= 11 is 0. The van der Waals surface area contributed by atoms with Gasteiger partial charge in [0.15, 0.2) is 5.82 Å². The zero-order valence-electron chi connectivity index (χ0n) is 12.7. The van der Waals surface area contributed by atoms with Gasteiger partial charge < -0.3 is 9.26 Å². The molecule has 1 aliphatic heterocycles. The summed E-state index contributed by atoms with van der Waals surface area (Å²) in [6, 6.07) is 8.21. The molecule has 3 aromatic rings. The van der Waals surface area contributed by atoms with E-state index in [2.05, 4.69) is 34.2 Å². The lowest BCUT2D eigenvalue weighted by atomic mass is 10.1. The molecule has 1 saturated heterocycles. The standard InChI is InChI=1S/C17H17N3O2/c1-10-3-4-15-13(7-10)14(8-11(2)18-15)17-19-16(20-22-17)12-5-6-21-9-12/h3-4,7-8,12H,5-6,9H2,1-2H3/t12-/m0/s1. The second-order valence-electron chi connectivity index (χ2n) is 5.85. The number of aryl methyl sites for hydroxylation is 2. The third kappa shape index (κ3) is 2.27. The number of hydrogen-bond acceptors (Lipinski definition) is 5. The summed E-state index contributed by atoms with van der Waals surface area (Å²) < 4.78 is 10.9. The van der Waals surface area contributed by atoms with Gasteiger partial charge in [-0.3, -0.25) is 4.98 Å². The van der Waals surface area contributed by atoms with Crippen LogP contribution < -0.4 is 0 Å². The van der Waals surface area contributed by atoms with Gasteiger partial charge in [0.25, 0.3) is 5.89 Å². The number of fused-ring (bicyclic) bond motifs is 1. The van der Waals surface area contributed by atoms with Crippen molar-refractivity contribution in [3.05, 3.63) is 41.3 Å². The van der Waals surface area contributed by atoms with Crippen LogP contribution in [0.1, 0.15) is 29.4 Å². The second kappa shape index (κ2) is 5.18. The van der Waals surface area contributed by atoms with E-state index in [1.165, 1.54) is 5.56 Å². The van der Waals surface area contributed by atoms with Crippen molar-refractivity contribution in [1.82, 2.24) is 15.1 Å². The quantitative estimate of drug-likeness (QED) is 0.725. The normalized spacial score (nSPS) is 18.2. The van der Waals surface area contributed by atoms with E-state index in [1.54, 1.807) is 0 Å². The molecule has 5 heteroatoms. The summed E-state index contributed by atoms with van der Waals surface area (Å²) in [5, 5.41) is 5.19. The summed E-state index contributed by atoms with van der Waals surface area (Å²) in [5.74, 6) is 1.54. The number of hydrogen-bond donors (Lipinski definition) is 0. The number of ether oxygens (including phenoxy) is 1. The largest absolute Gasteiger partial charge is 0.381 e. The predicted octanol–water partition coefficient (Wildman–Crippen LogP) is 3.41. The molecule has 0 unspecified atom stereocenters. The molecule has 0 N–H and O–H groups in total. The SMILES string of the molecule is Cc1ccc2nc(C)cc(-c3nc([C@H]4CCOC4)no3)c2c1. The Balaban J connectivity index is 1.84. The lowest BCUT2D eigenvalue weighted by Crippen LogP contribution is -1.99. The molecule has 2 aromatic heterocycles. The summed E-state index contributed by atoms with van der Waals surface area (Å²) in [5.41, 5.74) is 4.02. The van der Waals surface area contributed by atoms with Gasteiger partial charge in [0.2, 0.25) is 0 Å². The zero-order valence-corrected chi connectivity index (χ0v) is 12.7. The van der Waals surface area contributed by atoms with E-state index < -0.39 is 0 Å². The monoisotopic (exact) mass is 295 g/mol. The molecule has 22 heavy (non-hydrogen) atoms. The van der Waals surface area contributed by atoms with Gasteiger partial charge >= 0.3 is 0 Å². The average molecular weight is 295 g/mol. The minimum Gasteiger partial charge on any atom is -0.381 e. The van der Waals surface area contributed by atoms with Gasteiger partial charge in [0.1, 0.15) is 0 Å². The van der Waals surface area contributed by atoms with Crippen molar-refractivity contribution < 1.29 is 9.26 Å². The number of aromatic nitrogens is 3. The number of rotatable bonds is 2. The van der Waals surface area contributed by atoms with Crippen LogP contribution in [0.15, 0.2) is 28.8 Å². The van der Waals surface area contributed by atoms with E-state index in [1.807, 2.05) is 19.1 Å². The molecular weight excluding hydrogens is 278 g/mol. The number of benzene rings is 1. The van der Waals surface area contributed by atoms with Gasteiger partial charge in [0.05, 0.1) is 17.7 Å². The van der Waals surface area contributed by atoms with Crippen LogP contribution in [0.25, 0.3) is 22.4 Å². The molecule has 1 atom stereocenters. The maximum atomic E-state index is 5.52. The third-order valence-electron chi connectivity index (χ3n) is 4.06. The second-order valence-corrected chi connectivity index (χ2v) is 5.85. The Hall–Kier alpha value is -2.27. The summed E-state index contributed by atoms with van der Waals surface area (Å²) in [6.45, 7) is 5.49. The van der Waals surface area contributed by atoms with Crippen molar-refractivity contribution in [2.24, 2.45) is 0 Å². The molecule has 1 fully saturated rings. The summed E-state index contributed by atoms with van der Waals surface area (Å²) in [6.07, 6.45) is 0.953. The lowest BCUT2D eigenvalue weighted by molar-refractivity contribution is 0.192. The van der Waals surface area contributed by atoms with Crippen molar-refractivity contribution in [3.8, 4) is 11.5 Å². The van der Waals surface area contributed by atoms with E-state index in [-0.39, 0.29) is 5.92 Å². The smallest absolute Gasteiger partial charge is 0.258 e. The Morgan fingerprint density at radius 2 is 2.05 bits per heavy atom. The average Bonchev–Trinajstić information content (AvgIpc) is 3.17. The molecule has 0 spiro atoms. The molecule has 4 rings (SSSR count). The van der Waals surface area contributed by atoms with Crippen LogP contribution in [0.5, 0.6) is 0 Å². The van der Waals surface area contributed by atoms with E-state index in [9.17, 15) is 0 Å². The van der Waals surface area contributed by atoms with Gasteiger partial charge in [-0.2, -0.15) is 4.98 Å². The van der Waals surface area contributed by atoms with Crippen molar-refractivity contribution in [3.63, 3.8) is 0 Å². The highest BCUT2D eigenvalue weighted by molar-refractivity contribution is 5.92. The highest BCUT2D eigenvalue weighted by Gasteiger charge is 2.24. The van der Waals surface area contributed by atoms with E-state index in [0.717, 1.165) is 41.0 Å². The highest BCUT2D eigenvalue weighted by Crippen LogP contribution is 2.30. The first-order chi connectivity index (χ1) is 10.7. The molecule has 0 amide bonds. The fourth-order valence-electron chi connectivity index (χ4n) is 2.90. The predicted molar refractivity (Wildman–Crippen MR) is 82.7 cm³/mol. The topological polar surface area (TPSA) is 61.0 Å². The van der Waals surface area contributed by atoms with Crippen LogP contribution in [0.2, 0.25) is 0 Å². The van der Waals surface area contributed by atoms with Crippen LogP contribution in [-0.4, -0.2) is 28.3 Å². The maximum absolute atomic E-state index is 5.52. The van der Waals surface area contributed by atoms with E-state index in [0.29, 0.717) is 12.5 Å². The Morgan fingerprint density at radius 3 is 2.86 bits per heavy atom. The van der Waals surface area contributed by atoms with Gasteiger partial charge in [-0.15, -0.1) is 0 Å². The summed E-state index contributed by atoms with van der Waals surface area (Å²) in [4.78, 5) is 9.18. The van der Waals surface area contributed by atoms with Gasteiger partial charge in [-0.25, -0.2) is 0 Å². The van der Waals surface area contributed by atoms with Crippen molar-refractivity contribution in [2.45, 2.75) is 26.2 Å². The minimum absolute atomic E-state index is 0.244. The maximum Gasteiger partial charge on any atom is 0.258 e. The molecule has 3 heterocycles. The first-order valence-corrected chi connectivity index (χ1v) is 7.50. The van der Waals surface area contributed by atoms with Gasteiger partial charge in [-0.1, -0.05) is 16.8 Å². The fraction of sp³-hybridized carbons (Fsp3) is 0.353. The van der Waals surface area contributed by atoms with Gasteiger partial charge in [0, 0.05) is 23.6 Å². The number of nitrogens with zero attached hydrogens (tertiary/aromatic N) is 3. The van der Waals surface area contributed by atoms with Crippen molar-refractivity contribution >= 4 is 10.9 Å². The lowest BCUT2D eigenvalue weighted by Gasteiger charge is -2.05. The number of pyridine rings is 1. The third-order valence-corrected chi connectivity index (χ3v) is 4.06. The molecule has 5 nitrogen and oxygen atoms in total. The molecular formula is C17H17N3O2. The fourth-order valence-corrected chi connectivity index (χ4v) is 2.90.